The molecule has 2 N–H and O–H groups in total. The minimum absolute atomic E-state index is 0.139. The Labute approximate surface area is 117 Å². The standard InChI is InChI=1S/C13H27N3O2S/c1-2-8-16-9-5-12(6-10-16)15-19(17,18)13-4-3-7-14-11-13/h12-15H,2-11H2,1H3. The zero-order chi connectivity index (χ0) is 13.7. The molecular weight excluding hydrogens is 262 g/mol. The highest BCUT2D eigenvalue weighted by Crippen LogP contribution is 2.15. The molecule has 5 nitrogen and oxygen atoms in total. The summed E-state index contributed by atoms with van der Waals surface area (Å²) in [6, 6.07) is 0.139. The molecule has 0 radical (unpaired) electrons. The molecule has 0 amide bonds. The van der Waals surface area contributed by atoms with E-state index >= 15 is 0 Å². The highest BCUT2D eigenvalue weighted by molar-refractivity contribution is 7.90. The fraction of sp³-hybridized carbons (Fsp3) is 1.00. The van der Waals surface area contributed by atoms with E-state index in [0.717, 1.165) is 51.9 Å². The van der Waals surface area contributed by atoms with Crippen LogP contribution in [0.15, 0.2) is 0 Å². The van der Waals surface area contributed by atoms with Crippen LogP contribution in [0.2, 0.25) is 0 Å². The van der Waals surface area contributed by atoms with Gasteiger partial charge in [0.1, 0.15) is 0 Å². The van der Waals surface area contributed by atoms with Crippen molar-refractivity contribution in [2.45, 2.75) is 50.3 Å². The maximum Gasteiger partial charge on any atom is 0.215 e. The number of nitrogens with zero attached hydrogens (tertiary/aromatic N) is 1. The van der Waals surface area contributed by atoms with Gasteiger partial charge < -0.3 is 10.2 Å². The molecule has 112 valence electrons. The van der Waals surface area contributed by atoms with Crippen molar-refractivity contribution < 1.29 is 8.42 Å². The summed E-state index contributed by atoms with van der Waals surface area (Å²) in [5.41, 5.74) is 0. The Morgan fingerprint density at radius 2 is 2.00 bits per heavy atom. The first kappa shape index (κ1) is 15.2. The molecule has 2 saturated heterocycles. The van der Waals surface area contributed by atoms with Crippen LogP contribution in [0.1, 0.15) is 39.0 Å². The minimum atomic E-state index is -3.14. The Balaban J connectivity index is 1.80. The summed E-state index contributed by atoms with van der Waals surface area (Å²) in [5, 5.41) is 2.93. The van der Waals surface area contributed by atoms with Crippen molar-refractivity contribution in [1.82, 2.24) is 14.9 Å². The number of rotatable bonds is 5. The number of hydrogen-bond donors (Lipinski definition) is 2. The third-order valence-electron chi connectivity index (χ3n) is 4.15. The van der Waals surface area contributed by atoms with Crippen molar-refractivity contribution in [1.29, 1.82) is 0 Å². The average molecular weight is 289 g/mol. The van der Waals surface area contributed by atoms with Gasteiger partial charge >= 0.3 is 0 Å². The third-order valence-corrected chi connectivity index (χ3v) is 6.09. The van der Waals surface area contributed by atoms with Crippen molar-refractivity contribution in [2.24, 2.45) is 0 Å². The van der Waals surface area contributed by atoms with Gasteiger partial charge in [0.05, 0.1) is 5.25 Å². The van der Waals surface area contributed by atoms with Gasteiger partial charge in [-0.3, -0.25) is 0 Å². The molecule has 2 aliphatic rings. The number of sulfonamides is 1. The monoisotopic (exact) mass is 289 g/mol. The van der Waals surface area contributed by atoms with Crippen molar-refractivity contribution in [2.75, 3.05) is 32.7 Å². The lowest BCUT2D eigenvalue weighted by molar-refractivity contribution is 0.207. The highest BCUT2D eigenvalue weighted by Gasteiger charge is 2.30. The quantitative estimate of drug-likeness (QED) is 0.775. The molecule has 19 heavy (non-hydrogen) atoms. The normalized spacial score (nSPS) is 27.5. The Kier molecular flexibility index (Phi) is 5.62. The van der Waals surface area contributed by atoms with E-state index in [2.05, 4.69) is 21.9 Å². The minimum Gasteiger partial charge on any atom is -0.315 e. The van der Waals surface area contributed by atoms with Crippen LogP contribution in [0.25, 0.3) is 0 Å². The van der Waals surface area contributed by atoms with Gasteiger partial charge in [-0.15, -0.1) is 0 Å². The Morgan fingerprint density at radius 1 is 1.26 bits per heavy atom. The van der Waals surface area contributed by atoms with E-state index in [1.54, 1.807) is 0 Å². The molecule has 1 atom stereocenters. The van der Waals surface area contributed by atoms with Crippen LogP contribution in [0, 0.1) is 0 Å². The summed E-state index contributed by atoms with van der Waals surface area (Å²) in [7, 11) is -3.14. The summed E-state index contributed by atoms with van der Waals surface area (Å²) in [5.74, 6) is 0. The number of piperidine rings is 2. The topological polar surface area (TPSA) is 61.4 Å². The Morgan fingerprint density at radius 3 is 2.58 bits per heavy atom. The van der Waals surface area contributed by atoms with Gasteiger partial charge in [-0.25, -0.2) is 13.1 Å². The molecule has 0 aliphatic carbocycles. The molecule has 0 aromatic heterocycles. The SMILES string of the molecule is CCCN1CCC(NS(=O)(=O)C2CCCNC2)CC1. The molecule has 6 heteroatoms. The molecule has 1 unspecified atom stereocenters. The second kappa shape index (κ2) is 7.02. The molecule has 0 aromatic rings. The molecular formula is C13H27N3O2S. The summed E-state index contributed by atoms with van der Waals surface area (Å²) < 4.78 is 27.5. The predicted octanol–water partition coefficient (Wildman–Crippen LogP) is 0.532. The molecule has 2 heterocycles. The van der Waals surface area contributed by atoms with Gasteiger partial charge in [-0.2, -0.15) is 0 Å². The van der Waals surface area contributed by atoms with Crippen LogP contribution in [0.5, 0.6) is 0 Å². The maximum atomic E-state index is 12.3. The molecule has 2 fully saturated rings. The van der Waals surface area contributed by atoms with Crippen LogP contribution in [0.4, 0.5) is 0 Å². The molecule has 0 aromatic carbocycles. The van der Waals surface area contributed by atoms with Gasteiger partial charge in [-0.1, -0.05) is 6.92 Å². The zero-order valence-electron chi connectivity index (χ0n) is 11.9. The van der Waals surface area contributed by atoms with Crippen molar-refractivity contribution in [3.63, 3.8) is 0 Å². The van der Waals surface area contributed by atoms with Crippen molar-refractivity contribution in [3.8, 4) is 0 Å². The Bertz CT molecular complexity index is 358. The van der Waals surface area contributed by atoms with Gasteiger partial charge in [0.25, 0.3) is 0 Å². The average Bonchev–Trinajstić information content (AvgIpc) is 2.42. The lowest BCUT2D eigenvalue weighted by Gasteiger charge is -2.33. The first-order chi connectivity index (χ1) is 9.12. The van der Waals surface area contributed by atoms with Crippen LogP contribution in [-0.2, 0) is 10.0 Å². The summed E-state index contributed by atoms with van der Waals surface area (Å²) in [6.07, 6.45) is 4.81. The fourth-order valence-electron chi connectivity index (χ4n) is 3.00. The van der Waals surface area contributed by atoms with Gasteiger partial charge in [0.15, 0.2) is 0 Å². The van der Waals surface area contributed by atoms with Crippen molar-refractivity contribution in [3.05, 3.63) is 0 Å². The molecule has 0 bridgehead atoms. The molecule has 2 aliphatic heterocycles. The summed E-state index contributed by atoms with van der Waals surface area (Å²) in [4.78, 5) is 2.42. The van der Waals surface area contributed by atoms with E-state index in [1.807, 2.05) is 0 Å². The molecule has 0 saturated carbocycles. The van der Waals surface area contributed by atoms with Crippen molar-refractivity contribution >= 4 is 10.0 Å². The van der Waals surface area contributed by atoms with E-state index in [9.17, 15) is 8.42 Å². The molecule has 2 rings (SSSR count). The summed E-state index contributed by atoms with van der Waals surface area (Å²) >= 11 is 0. The maximum absolute atomic E-state index is 12.3. The third kappa shape index (κ3) is 4.41. The van der Waals surface area contributed by atoms with E-state index in [4.69, 9.17) is 0 Å². The second-order valence-corrected chi connectivity index (χ2v) is 7.74. The van der Waals surface area contributed by atoms with E-state index in [1.165, 1.54) is 6.42 Å². The zero-order valence-corrected chi connectivity index (χ0v) is 12.7. The van der Waals surface area contributed by atoms with E-state index in [0.29, 0.717) is 6.54 Å². The largest absolute Gasteiger partial charge is 0.315 e. The highest BCUT2D eigenvalue weighted by atomic mass is 32.2. The number of likely N-dealkylation sites (tertiary alicyclic amines) is 1. The number of hydrogen-bond acceptors (Lipinski definition) is 4. The summed E-state index contributed by atoms with van der Waals surface area (Å²) in [6.45, 7) is 6.90. The van der Waals surface area contributed by atoms with Gasteiger partial charge in [0, 0.05) is 12.6 Å². The van der Waals surface area contributed by atoms with Crippen LogP contribution in [0.3, 0.4) is 0 Å². The first-order valence-corrected chi connectivity index (χ1v) is 9.10. The second-order valence-electron chi connectivity index (χ2n) is 5.75. The molecule has 0 spiro atoms. The Hall–Kier alpha value is -0.170. The number of nitrogens with one attached hydrogen (secondary N) is 2. The van der Waals surface area contributed by atoms with Crippen LogP contribution < -0.4 is 10.0 Å². The van der Waals surface area contributed by atoms with Gasteiger partial charge in [0.2, 0.25) is 10.0 Å². The smallest absolute Gasteiger partial charge is 0.215 e. The van der Waals surface area contributed by atoms with Crippen LogP contribution in [-0.4, -0.2) is 57.3 Å². The van der Waals surface area contributed by atoms with Gasteiger partial charge in [-0.05, 0) is 58.3 Å². The fourth-order valence-corrected chi connectivity index (χ4v) is 4.71. The van der Waals surface area contributed by atoms with E-state index in [-0.39, 0.29) is 11.3 Å². The predicted molar refractivity (Wildman–Crippen MR) is 77.7 cm³/mol. The lowest BCUT2D eigenvalue weighted by atomic mass is 10.1. The lowest BCUT2D eigenvalue weighted by Crippen LogP contribution is -2.50. The van der Waals surface area contributed by atoms with Crippen LogP contribution >= 0.6 is 0 Å². The van der Waals surface area contributed by atoms with E-state index < -0.39 is 10.0 Å². The first-order valence-electron chi connectivity index (χ1n) is 7.56.